The van der Waals surface area contributed by atoms with Crippen LogP contribution < -0.4 is 4.90 Å². The molecule has 0 spiro atoms. The SMILES string of the molecule is c1ccc(-c2cccc(-c3ccc(N(c4c(-c5ccccc5-c5ccccc5)c5ccccc5c5ccccc45)c4cccc5c4sc4ccccc45)cc3)c2)cc1. The summed E-state index contributed by atoms with van der Waals surface area (Å²) in [4.78, 5) is 2.55. The molecular weight excluding hydrogens is 719 g/mol. The molecule has 10 aromatic carbocycles. The minimum absolute atomic E-state index is 1.10. The van der Waals surface area contributed by atoms with E-state index in [0.29, 0.717) is 0 Å². The predicted molar refractivity (Wildman–Crippen MR) is 251 cm³/mol. The van der Waals surface area contributed by atoms with E-state index in [4.69, 9.17) is 0 Å². The maximum absolute atomic E-state index is 2.55. The van der Waals surface area contributed by atoms with Crippen LogP contribution in [0, 0.1) is 0 Å². The number of fused-ring (bicyclic) bond motifs is 6. The van der Waals surface area contributed by atoms with Crippen LogP contribution >= 0.6 is 11.3 Å². The molecule has 2 heteroatoms. The Balaban J connectivity index is 1.22. The van der Waals surface area contributed by atoms with Gasteiger partial charge in [0.2, 0.25) is 0 Å². The summed E-state index contributed by atoms with van der Waals surface area (Å²) in [6.07, 6.45) is 0. The lowest BCUT2D eigenvalue weighted by molar-refractivity contribution is 1.32. The topological polar surface area (TPSA) is 3.24 Å². The van der Waals surface area contributed by atoms with Crippen LogP contribution in [0.15, 0.2) is 224 Å². The van der Waals surface area contributed by atoms with Crippen molar-refractivity contribution in [1.82, 2.24) is 0 Å². The summed E-state index contributed by atoms with van der Waals surface area (Å²) in [5, 5.41) is 7.47. The van der Waals surface area contributed by atoms with Gasteiger partial charge < -0.3 is 4.90 Å². The Hall–Kier alpha value is -7.26. The zero-order chi connectivity index (χ0) is 38.4. The van der Waals surface area contributed by atoms with E-state index in [1.165, 1.54) is 91.9 Å². The molecule has 11 aromatic rings. The van der Waals surface area contributed by atoms with Gasteiger partial charge in [0.15, 0.2) is 0 Å². The number of nitrogens with zero attached hydrogens (tertiary/aromatic N) is 1. The molecule has 0 fully saturated rings. The van der Waals surface area contributed by atoms with Crippen LogP contribution in [0.3, 0.4) is 0 Å². The standard InChI is InChI=1S/C56H37NS/c1-3-17-38(18-4-1)41-21-15-22-42(37-41)39-33-35-43(36-34-39)57(52-31-16-30-51-47-26-13-14-32-53(47)58-56(51)52)55-50-29-12-9-25-46(50)45-24-8-11-28-49(45)54(55)48-27-10-7-23-44(48)40-19-5-2-6-20-40/h1-37H. The zero-order valence-corrected chi connectivity index (χ0v) is 32.5. The first-order valence-electron chi connectivity index (χ1n) is 19.8. The Morgan fingerprint density at radius 3 is 1.53 bits per heavy atom. The second-order valence-electron chi connectivity index (χ2n) is 14.8. The Morgan fingerprint density at radius 2 is 0.810 bits per heavy atom. The lowest BCUT2D eigenvalue weighted by Gasteiger charge is -2.31. The molecule has 1 aromatic heterocycles. The van der Waals surface area contributed by atoms with Crippen LogP contribution in [0.5, 0.6) is 0 Å². The molecule has 0 aliphatic heterocycles. The average Bonchev–Trinajstić information content (AvgIpc) is 3.70. The number of hydrogen-bond acceptors (Lipinski definition) is 2. The minimum atomic E-state index is 1.10. The van der Waals surface area contributed by atoms with Gasteiger partial charge in [-0.2, -0.15) is 0 Å². The van der Waals surface area contributed by atoms with Crippen LogP contribution in [0.1, 0.15) is 0 Å². The van der Waals surface area contributed by atoms with Gasteiger partial charge in [0.1, 0.15) is 0 Å². The van der Waals surface area contributed by atoms with Crippen LogP contribution in [0.4, 0.5) is 17.1 Å². The monoisotopic (exact) mass is 755 g/mol. The highest BCUT2D eigenvalue weighted by molar-refractivity contribution is 7.26. The van der Waals surface area contributed by atoms with Crippen molar-refractivity contribution in [1.29, 1.82) is 0 Å². The predicted octanol–water partition coefficient (Wildman–Crippen LogP) is 16.5. The number of anilines is 3. The van der Waals surface area contributed by atoms with Gasteiger partial charge in [-0.1, -0.05) is 194 Å². The molecular formula is C56H37NS. The third-order valence-corrected chi connectivity index (χ3v) is 12.7. The molecule has 58 heavy (non-hydrogen) atoms. The Kier molecular flexibility index (Phi) is 8.42. The molecule has 0 unspecified atom stereocenters. The summed E-state index contributed by atoms with van der Waals surface area (Å²) in [7, 11) is 0. The fourth-order valence-electron chi connectivity index (χ4n) is 8.81. The maximum Gasteiger partial charge on any atom is 0.0640 e. The quantitative estimate of drug-likeness (QED) is 0.146. The van der Waals surface area contributed by atoms with Crippen molar-refractivity contribution in [2.24, 2.45) is 0 Å². The van der Waals surface area contributed by atoms with Crippen molar-refractivity contribution in [2.75, 3.05) is 4.90 Å². The summed E-state index contributed by atoms with van der Waals surface area (Å²) in [6, 6.07) is 82.0. The second kappa shape index (κ2) is 14.4. The van der Waals surface area contributed by atoms with Crippen LogP contribution in [0.2, 0.25) is 0 Å². The summed E-state index contributed by atoms with van der Waals surface area (Å²) in [5.41, 5.74) is 13.1. The largest absolute Gasteiger partial charge is 0.308 e. The third-order valence-electron chi connectivity index (χ3n) is 11.5. The van der Waals surface area contributed by atoms with E-state index in [1.807, 2.05) is 11.3 Å². The summed E-state index contributed by atoms with van der Waals surface area (Å²) >= 11 is 1.87. The van der Waals surface area contributed by atoms with Gasteiger partial charge in [-0.05, 0) is 85.4 Å². The van der Waals surface area contributed by atoms with Gasteiger partial charge in [0.25, 0.3) is 0 Å². The van der Waals surface area contributed by atoms with Crippen molar-refractivity contribution in [3.8, 4) is 44.5 Å². The van der Waals surface area contributed by atoms with Crippen LogP contribution in [-0.4, -0.2) is 0 Å². The first kappa shape index (κ1) is 34.0. The number of rotatable bonds is 7. The smallest absolute Gasteiger partial charge is 0.0640 e. The molecule has 0 amide bonds. The Labute approximate surface area is 342 Å². The summed E-state index contributed by atoms with van der Waals surface area (Å²) in [5.74, 6) is 0. The van der Waals surface area contributed by atoms with E-state index in [1.54, 1.807) is 0 Å². The molecule has 272 valence electrons. The highest BCUT2D eigenvalue weighted by atomic mass is 32.1. The molecule has 1 heterocycles. The molecule has 0 aliphatic carbocycles. The first-order chi connectivity index (χ1) is 28.8. The molecule has 0 radical (unpaired) electrons. The zero-order valence-electron chi connectivity index (χ0n) is 31.7. The fraction of sp³-hybridized carbons (Fsp3) is 0. The van der Waals surface area contributed by atoms with Crippen molar-refractivity contribution in [2.45, 2.75) is 0 Å². The molecule has 0 aliphatic rings. The average molecular weight is 756 g/mol. The van der Waals surface area contributed by atoms with Crippen molar-refractivity contribution >= 4 is 70.1 Å². The van der Waals surface area contributed by atoms with E-state index in [0.717, 1.165) is 11.4 Å². The van der Waals surface area contributed by atoms with E-state index in [2.05, 4.69) is 229 Å². The molecule has 0 atom stereocenters. The molecule has 1 nitrogen and oxygen atoms in total. The van der Waals surface area contributed by atoms with E-state index >= 15 is 0 Å². The maximum atomic E-state index is 2.55. The van der Waals surface area contributed by atoms with Gasteiger partial charge >= 0.3 is 0 Å². The third kappa shape index (κ3) is 5.77. The molecule has 11 rings (SSSR count). The van der Waals surface area contributed by atoms with Gasteiger partial charge in [0.05, 0.1) is 16.1 Å². The van der Waals surface area contributed by atoms with Crippen LogP contribution in [0.25, 0.3) is 86.2 Å². The summed E-state index contributed by atoms with van der Waals surface area (Å²) < 4.78 is 2.56. The highest BCUT2D eigenvalue weighted by Crippen LogP contribution is 2.53. The fourth-order valence-corrected chi connectivity index (χ4v) is 10.0. The van der Waals surface area contributed by atoms with Crippen LogP contribution in [-0.2, 0) is 0 Å². The molecule has 0 bridgehead atoms. The molecule has 0 N–H and O–H groups in total. The van der Waals surface area contributed by atoms with Crippen molar-refractivity contribution in [3.05, 3.63) is 224 Å². The lowest BCUT2D eigenvalue weighted by Crippen LogP contribution is -2.12. The van der Waals surface area contributed by atoms with Crippen molar-refractivity contribution < 1.29 is 0 Å². The van der Waals surface area contributed by atoms with E-state index in [-0.39, 0.29) is 0 Å². The van der Waals surface area contributed by atoms with Crippen molar-refractivity contribution in [3.63, 3.8) is 0 Å². The van der Waals surface area contributed by atoms with Gasteiger partial charge in [-0.25, -0.2) is 0 Å². The first-order valence-corrected chi connectivity index (χ1v) is 20.7. The Bertz CT molecular complexity index is 3270. The van der Waals surface area contributed by atoms with Gasteiger partial charge in [-0.3, -0.25) is 0 Å². The second-order valence-corrected chi connectivity index (χ2v) is 15.9. The summed E-state index contributed by atoms with van der Waals surface area (Å²) in [6.45, 7) is 0. The normalized spacial score (nSPS) is 11.4. The number of hydrogen-bond donors (Lipinski definition) is 0. The Morgan fingerprint density at radius 1 is 0.310 bits per heavy atom. The van der Waals surface area contributed by atoms with E-state index < -0.39 is 0 Å². The minimum Gasteiger partial charge on any atom is -0.308 e. The number of thiophene rings is 1. The molecule has 0 saturated carbocycles. The lowest BCUT2D eigenvalue weighted by atomic mass is 9.86. The van der Waals surface area contributed by atoms with Gasteiger partial charge in [-0.15, -0.1) is 11.3 Å². The molecule has 0 saturated heterocycles. The van der Waals surface area contributed by atoms with E-state index in [9.17, 15) is 0 Å². The highest BCUT2D eigenvalue weighted by Gasteiger charge is 2.26. The van der Waals surface area contributed by atoms with Gasteiger partial charge in [0, 0.05) is 32.1 Å². The number of benzene rings is 10.